The van der Waals surface area contributed by atoms with E-state index in [9.17, 15) is 17.6 Å². The summed E-state index contributed by atoms with van der Waals surface area (Å²) in [5.41, 5.74) is 12.7. The van der Waals surface area contributed by atoms with Crippen molar-refractivity contribution in [2.24, 2.45) is 5.73 Å². The Morgan fingerprint density at radius 3 is 2.34 bits per heavy atom. The number of carbonyl (C=O) groups is 1. The summed E-state index contributed by atoms with van der Waals surface area (Å²) < 4.78 is 45.4. The zero-order chi connectivity index (χ0) is 21.5. The van der Waals surface area contributed by atoms with Crippen molar-refractivity contribution in [3.8, 4) is 5.75 Å². The summed E-state index contributed by atoms with van der Waals surface area (Å²) in [4.78, 5) is 16.3. The van der Waals surface area contributed by atoms with Crippen molar-refractivity contribution in [2.45, 2.75) is 25.0 Å². The average Bonchev–Trinajstić information content (AvgIpc) is 2.97. The third kappa shape index (κ3) is 3.51. The fraction of sp³-hybridized carbons (Fsp3) is 0.263. The normalized spacial score (nSPS) is 13.0. The van der Waals surface area contributed by atoms with Crippen molar-refractivity contribution in [1.82, 2.24) is 8.96 Å². The smallest absolute Gasteiger partial charge is 0.244 e. The molecule has 0 saturated heterocycles. The van der Waals surface area contributed by atoms with Gasteiger partial charge < -0.3 is 16.2 Å². The van der Waals surface area contributed by atoms with Crippen molar-refractivity contribution >= 4 is 32.9 Å². The summed E-state index contributed by atoms with van der Waals surface area (Å²) in [5, 5.41) is -0.742. The van der Waals surface area contributed by atoms with E-state index in [1.165, 1.54) is 39.2 Å². The molecule has 3 rings (SSSR count). The molecule has 8 nitrogen and oxygen atoms in total. The number of rotatable bonds is 6. The van der Waals surface area contributed by atoms with Gasteiger partial charge in [0, 0.05) is 0 Å². The molecule has 2 aromatic carbocycles. The summed E-state index contributed by atoms with van der Waals surface area (Å²) in [5.74, 6) is -2.53. The molecular weight excluding hydrogens is 399 g/mol. The number of hydrogen-bond acceptors (Lipinski definition) is 6. The van der Waals surface area contributed by atoms with E-state index in [1.54, 1.807) is 12.1 Å². The van der Waals surface area contributed by atoms with Crippen molar-refractivity contribution in [2.75, 3.05) is 12.8 Å². The van der Waals surface area contributed by atoms with E-state index in [0.717, 1.165) is 10.0 Å². The Balaban J connectivity index is 2.22. The second kappa shape index (κ2) is 7.36. The summed E-state index contributed by atoms with van der Waals surface area (Å²) in [6.45, 7) is 3.05. The standard InChI is InChI=1S/C19H21FN4O4S/c1-10(2)29(26,27)24-15-9-12(4-6-14(15)23-19(24)22)17(18(21)25)11-5-7-16(28-3)13(20)8-11/h4-10,17H,1-3H3,(H2,21,25)(H2,22,23). The maximum absolute atomic E-state index is 14.2. The van der Waals surface area contributed by atoms with Crippen molar-refractivity contribution < 1.29 is 22.3 Å². The summed E-state index contributed by atoms with van der Waals surface area (Å²) >= 11 is 0. The first kappa shape index (κ1) is 20.6. The maximum atomic E-state index is 14.2. The van der Waals surface area contributed by atoms with Crippen LogP contribution < -0.4 is 16.2 Å². The molecule has 1 amide bonds. The quantitative estimate of drug-likeness (QED) is 0.627. The number of methoxy groups -OCH3 is 1. The second-order valence-electron chi connectivity index (χ2n) is 6.81. The number of fused-ring (bicyclic) bond motifs is 1. The van der Waals surface area contributed by atoms with Gasteiger partial charge >= 0.3 is 0 Å². The van der Waals surface area contributed by atoms with Gasteiger partial charge in [-0.2, -0.15) is 0 Å². The molecule has 3 aromatic rings. The van der Waals surface area contributed by atoms with Crippen molar-refractivity contribution in [3.05, 3.63) is 53.3 Å². The van der Waals surface area contributed by atoms with E-state index in [4.69, 9.17) is 16.2 Å². The van der Waals surface area contributed by atoms with Crippen LogP contribution in [-0.4, -0.2) is 35.6 Å². The monoisotopic (exact) mass is 420 g/mol. The fourth-order valence-electron chi connectivity index (χ4n) is 3.13. The predicted molar refractivity (Wildman–Crippen MR) is 108 cm³/mol. The van der Waals surface area contributed by atoms with Crippen LogP contribution in [0.25, 0.3) is 11.0 Å². The zero-order valence-electron chi connectivity index (χ0n) is 16.1. The van der Waals surface area contributed by atoms with E-state index in [-0.39, 0.29) is 17.2 Å². The van der Waals surface area contributed by atoms with Crippen LogP contribution in [0.4, 0.5) is 10.3 Å². The molecule has 0 fully saturated rings. The maximum Gasteiger partial charge on any atom is 0.244 e. The van der Waals surface area contributed by atoms with Gasteiger partial charge in [-0.1, -0.05) is 12.1 Å². The van der Waals surface area contributed by atoms with Crippen LogP contribution in [0.5, 0.6) is 5.75 Å². The molecule has 0 radical (unpaired) electrons. The minimum absolute atomic E-state index is 0.0290. The number of benzene rings is 2. The number of ether oxygens (including phenoxy) is 1. The largest absolute Gasteiger partial charge is 0.494 e. The molecule has 0 bridgehead atoms. The highest BCUT2D eigenvalue weighted by atomic mass is 32.2. The second-order valence-corrected chi connectivity index (χ2v) is 9.14. The van der Waals surface area contributed by atoms with Gasteiger partial charge in [0.15, 0.2) is 11.6 Å². The number of nitrogen functional groups attached to an aromatic ring is 1. The van der Waals surface area contributed by atoms with Gasteiger partial charge in [-0.3, -0.25) is 4.79 Å². The first-order valence-electron chi connectivity index (χ1n) is 8.73. The molecule has 1 atom stereocenters. The number of halogens is 1. The first-order valence-corrected chi connectivity index (χ1v) is 10.2. The number of nitrogens with zero attached hydrogens (tertiary/aromatic N) is 2. The van der Waals surface area contributed by atoms with Crippen LogP contribution in [-0.2, 0) is 14.8 Å². The molecule has 0 aliphatic carbocycles. The summed E-state index contributed by atoms with van der Waals surface area (Å²) in [7, 11) is -2.47. The topological polar surface area (TPSA) is 130 Å². The van der Waals surface area contributed by atoms with Crippen LogP contribution >= 0.6 is 0 Å². The van der Waals surface area contributed by atoms with Gasteiger partial charge in [-0.05, 0) is 49.2 Å². The van der Waals surface area contributed by atoms with Crippen LogP contribution in [0.15, 0.2) is 36.4 Å². The number of nitrogens with two attached hydrogens (primary N) is 2. The summed E-state index contributed by atoms with van der Waals surface area (Å²) in [6.07, 6.45) is 0. The SMILES string of the molecule is COc1ccc(C(C(N)=O)c2ccc3nc(N)n(S(=O)(=O)C(C)C)c3c2)cc1F. The Labute approximate surface area is 167 Å². The number of carbonyl (C=O) groups excluding carboxylic acids is 1. The molecule has 0 saturated carbocycles. The third-order valence-electron chi connectivity index (χ3n) is 4.64. The van der Waals surface area contributed by atoms with E-state index in [0.29, 0.717) is 16.6 Å². The van der Waals surface area contributed by atoms with E-state index in [1.807, 2.05) is 0 Å². The highest BCUT2D eigenvalue weighted by Gasteiger charge is 2.27. The highest BCUT2D eigenvalue weighted by molar-refractivity contribution is 7.90. The number of imidazole rings is 1. The lowest BCUT2D eigenvalue weighted by Gasteiger charge is -2.16. The Morgan fingerprint density at radius 2 is 1.79 bits per heavy atom. The van der Waals surface area contributed by atoms with E-state index in [2.05, 4.69) is 4.98 Å². The van der Waals surface area contributed by atoms with Crippen LogP contribution in [0.1, 0.15) is 30.9 Å². The number of aromatic nitrogens is 2. The van der Waals surface area contributed by atoms with Gasteiger partial charge in [-0.15, -0.1) is 0 Å². The molecule has 29 heavy (non-hydrogen) atoms. The highest BCUT2D eigenvalue weighted by Crippen LogP contribution is 2.31. The predicted octanol–water partition coefficient (Wildman–Crippen LogP) is 1.97. The summed E-state index contributed by atoms with van der Waals surface area (Å²) in [6, 6.07) is 8.69. The molecule has 4 N–H and O–H groups in total. The van der Waals surface area contributed by atoms with E-state index >= 15 is 0 Å². The lowest BCUT2D eigenvalue weighted by molar-refractivity contribution is -0.118. The molecule has 154 valence electrons. The van der Waals surface area contributed by atoms with Gasteiger partial charge in [0.2, 0.25) is 21.9 Å². The van der Waals surface area contributed by atoms with Crippen LogP contribution in [0, 0.1) is 5.82 Å². The Bertz CT molecular complexity index is 1200. The fourth-order valence-corrected chi connectivity index (χ4v) is 4.27. The average molecular weight is 420 g/mol. The van der Waals surface area contributed by atoms with Crippen LogP contribution in [0.3, 0.4) is 0 Å². The van der Waals surface area contributed by atoms with Gasteiger partial charge in [0.25, 0.3) is 0 Å². The lowest BCUT2D eigenvalue weighted by atomic mass is 9.90. The van der Waals surface area contributed by atoms with Crippen molar-refractivity contribution in [1.29, 1.82) is 0 Å². The molecule has 0 aliphatic heterocycles. The molecule has 10 heteroatoms. The molecule has 1 unspecified atom stereocenters. The minimum Gasteiger partial charge on any atom is -0.494 e. The Hall–Kier alpha value is -3.14. The molecule has 0 aliphatic rings. The first-order chi connectivity index (χ1) is 13.6. The van der Waals surface area contributed by atoms with Gasteiger partial charge in [0.1, 0.15) is 0 Å². The molecule has 0 spiro atoms. The lowest BCUT2D eigenvalue weighted by Crippen LogP contribution is -2.24. The van der Waals surface area contributed by atoms with Gasteiger partial charge in [0.05, 0.1) is 29.3 Å². The number of primary amides is 1. The third-order valence-corrected chi connectivity index (χ3v) is 6.72. The number of amides is 1. The zero-order valence-corrected chi connectivity index (χ0v) is 16.9. The van der Waals surface area contributed by atoms with Gasteiger partial charge in [-0.25, -0.2) is 21.8 Å². The van der Waals surface area contributed by atoms with E-state index < -0.39 is 32.9 Å². The van der Waals surface area contributed by atoms with Crippen LogP contribution in [0.2, 0.25) is 0 Å². The Kier molecular flexibility index (Phi) is 5.22. The Morgan fingerprint density at radius 1 is 1.17 bits per heavy atom. The minimum atomic E-state index is -3.80. The number of hydrogen-bond donors (Lipinski definition) is 2. The molecule has 1 aromatic heterocycles. The number of anilines is 1. The molecular formula is C19H21FN4O4S. The molecule has 1 heterocycles. The van der Waals surface area contributed by atoms with Crippen molar-refractivity contribution in [3.63, 3.8) is 0 Å².